The molecule has 10 nitrogen and oxygen atoms in total. The smallest absolute Gasteiger partial charge is 0.407 e. The minimum Gasteiger partial charge on any atom is -0.444 e. The number of aromatic nitrogens is 2. The molecule has 4 N–H and O–H groups in total. The van der Waals surface area contributed by atoms with Gasteiger partial charge in [0, 0.05) is 74.5 Å². The number of amides is 3. The Bertz CT molecular complexity index is 1690. The monoisotopic (exact) mass is 638 g/mol. The number of hydrogen-bond donors (Lipinski definition) is 3. The van der Waals surface area contributed by atoms with Gasteiger partial charge in [-0.2, -0.15) is 0 Å². The second-order valence-corrected chi connectivity index (χ2v) is 13.3. The molecule has 2 aromatic heterocycles. The van der Waals surface area contributed by atoms with Crippen LogP contribution in [-0.2, 0) is 27.3 Å². The molecule has 1 unspecified atom stereocenters. The molecule has 0 aliphatic carbocycles. The second-order valence-electron chi connectivity index (χ2n) is 13.3. The third kappa shape index (κ3) is 8.90. The van der Waals surface area contributed by atoms with Crippen molar-refractivity contribution < 1.29 is 19.1 Å². The summed E-state index contributed by atoms with van der Waals surface area (Å²) in [6, 6.07) is 21.7. The molecular weight excluding hydrogens is 592 g/mol. The van der Waals surface area contributed by atoms with Gasteiger partial charge < -0.3 is 30.6 Å². The van der Waals surface area contributed by atoms with Crippen LogP contribution in [0.15, 0.2) is 72.9 Å². The summed E-state index contributed by atoms with van der Waals surface area (Å²) in [7, 11) is 1.65. The van der Waals surface area contributed by atoms with E-state index in [0.717, 1.165) is 46.1 Å². The molecule has 0 radical (unpaired) electrons. The number of aryl methyl sites for hydroxylation is 1. The van der Waals surface area contributed by atoms with Gasteiger partial charge in [-0.25, -0.2) is 9.78 Å². The van der Waals surface area contributed by atoms with Crippen molar-refractivity contribution in [1.29, 1.82) is 0 Å². The molecule has 47 heavy (non-hydrogen) atoms. The van der Waals surface area contributed by atoms with Gasteiger partial charge >= 0.3 is 6.09 Å². The summed E-state index contributed by atoms with van der Waals surface area (Å²) in [5, 5.41) is 6.82. The number of nitrogens with two attached hydrogens (primary N) is 1. The predicted molar refractivity (Wildman–Crippen MR) is 185 cm³/mol. The lowest BCUT2D eigenvalue weighted by Crippen LogP contribution is -2.46. The maximum atomic E-state index is 13.9. The van der Waals surface area contributed by atoms with E-state index in [1.54, 1.807) is 19.3 Å². The van der Waals surface area contributed by atoms with Crippen molar-refractivity contribution in [2.75, 3.05) is 25.9 Å². The number of nitrogens with zero attached hydrogens (tertiary/aromatic N) is 3. The van der Waals surface area contributed by atoms with Gasteiger partial charge in [-0.1, -0.05) is 42.5 Å². The Morgan fingerprint density at radius 1 is 1.04 bits per heavy atom. The van der Waals surface area contributed by atoms with Crippen molar-refractivity contribution >= 4 is 34.6 Å². The van der Waals surface area contributed by atoms with Crippen molar-refractivity contribution in [2.24, 2.45) is 0 Å². The third-order valence-electron chi connectivity index (χ3n) is 8.57. The van der Waals surface area contributed by atoms with Crippen LogP contribution < -0.4 is 16.4 Å². The van der Waals surface area contributed by atoms with Crippen LogP contribution in [0.3, 0.4) is 0 Å². The zero-order valence-corrected chi connectivity index (χ0v) is 27.8. The molecule has 4 aromatic rings. The first-order chi connectivity index (χ1) is 22.5. The number of benzene rings is 2. The summed E-state index contributed by atoms with van der Waals surface area (Å²) in [6.45, 7) is 7.27. The van der Waals surface area contributed by atoms with E-state index >= 15 is 0 Å². The normalized spacial score (nSPS) is 15.7. The first-order valence-corrected chi connectivity index (χ1v) is 16.4. The molecule has 1 fully saturated rings. The molecule has 1 saturated heterocycles. The zero-order valence-electron chi connectivity index (χ0n) is 27.8. The molecule has 248 valence electrons. The standard InChI is InChI=1S/C37H46N6O4/c1-37(2,3)47-36(46)41-30(20-25-11-13-26(14-12-25)28-15-16-33(38)40-23-28)22-35(45)42-18-7-9-29(24-42)32-21-27-8-5-6-10-31(27)43(32)19-17-34(44)39-4/h5-6,8,10-16,21,23,29-30H,7,9,17-20,22,24H2,1-4H3,(H2,38,40)(H,39,44)(H,41,46)/t29?,30-/m1/s1. The highest BCUT2D eigenvalue weighted by atomic mass is 16.6. The molecule has 1 aliphatic rings. The van der Waals surface area contributed by atoms with Crippen LogP contribution in [0.1, 0.15) is 63.6 Å². The zero-order chi connectivity index (χ0) is 33.6. The summed E-state index contributed by atoms with van der Waals surface area (Å²) in [4.78, 5) is 45.0. The largest absolute Gasteiger partial charge is 0.444 e. The summed E-state index contributed by atoms with van der Waals surface area (Å²) in [5.41, 5.74) is 10.3. The highest BCUT2D eigenvalue weighted by Crippen LogP contribution is 2.32. The van der Waals surface area contributed by atoms with Crippen molar-refractivity contribution in [3.63, 3.8) is 0 Å². The number of para-hydroxylation sites is 1. The number of pyridine rings is 1. The second kappa shape index (κ2) is 14.7. The van der Waals surface area contributed by atoms with Crippen molar-refractivity contribution in [3.8, 4) is 11.1 Å². The molecule has 10 heteroatoms. The van der Waals surface area contributed by atoms with E-state index in [-0.39, 0.29) is 24.2 Å². The summed E-state index contributed by atoms with van der Waals surface area (Å²) < 4.78 is 7.80. The molecule has 2 aromatic carbocycles. The third-order valence-corrected chi connectivity index (χ3v) is 8.57. The molecule has 0 spiro atoms. The molecule has 3 amide bonds. The van der Waals surface area contributed by atoms with E-state index in [2.05, 4.69) is 38.4 Å². The van der Waals surface area contributed by atoms with Crippen molar-refractivity contribution in [2.45, 2.75) is 77.0 Å². The van der Waals surface area contributed by atoms with E-state index in [0.29, 0.717) is 38.3 Å². The molecule has 0 saturated carbocycles. The fourth-order valence-electron chi connectivity index (χ4n) is 6.29. The quantitative estimate of drug-likeness (QED) is 0.206. The number of nitrogen functional groups attached to an aromatic ring is 1. The van der Waals surface area contributed by atoms with E-state index in [1.807, 2.05) is 68.1 Å². The van der Waals surface area contributed by atoms with Crippen LogP contribution in [-0.4, -0.2) is 64.1 Å². The highest BCUT2D eigenvalue weighted by Gasteiger charge is 2.30. The molecule has 3 heterocycles. The van der Waals surface area contributed by atoms with E-state index < -0.39 is 17.7 Å². The average molecular weight is 639 g/mol. The van der Waals surface area contributed by atoms with Crippen molar-refractivity contribution in [1.82, 2.24) is 25.1 Å². The van der Waals surface area contributed by atoms with Gasteiger partial charge in [-0.05, 0) is 80.8 Å². The summed E-state index contributed by atoms with van der Waals surface area (Å²) in [5.74, 6) is 0.593. The van der Waals surface area contributed by atoms with Crippen LogP contribution in [0.5, 0.6) is 0 Å². The fraction of sp³-hybridized carbons (Fsp3) is 0.405. The Labute approximate surface area is 276 Å². The number of carbonyl (C=O) groups excluding carboxylic acids is 3. The van der Waals surface area contributed by atoms with E-state index in [4.69, 9.17) is 10.5 Å². The molecule has 0 bridgehead atoms. The Morgan fingerprint density at radius 3 is 2.49 bits per heavy atom. The minimum absolute atomic E-state index is 0.00499. The number of rotatable bonds is 10. The lowest BCUT2D eigenvalue weighted by atomic mass is 9.93. The Kier molecular flexibility index (Phi) is 10.5. The number of alkyl carbamates (subject to hydrolysis) is 1. The van der Waals surface area contributed by atoms with Gasteiger partial charge in [0.25, 0.3) is 0 Å². The highest BCUT2D eigenvalue weighted by molar-refractivity contribution is 5.82. The van der Waals surface area contributed by atoms with Crippen LogP contribution >= 0.6 is 0 Å². The Hall–Kier alpha value is -4.86. The minimum atomic E-state index is -0.663. The molecule has 2 atom stereocenters. The Morgan fingerprint density at radius 2 is 1.79 bits per heavy atom. The number of ether oxygens (including phenoxy) is 1. The fourth-order valence-corrected chi connectivity index (χ4v) is 6.29. The molecule has 1 aliphatic heterocycles. The maximum Gasteiger partial charge on any atom is 0.407 e. The van der Waals surface area contributed by atoms with Crippen LogP contribution in [0.25, 0.3) is 22.0 Å². The first-order valence-electron chi connectivity index (χ1n) is 16.4. The van der Waals surface area contributed by atoms with E-state index in [1.165, 1.54) is 0 Å². The number of piperidine rings is 1. The van der Waals surface area contributed by atoms with Crippen LogP contribution in [0.2, 0.25) is 0 Å². The van der Waals surface area contributed by atoms with Gasteiger partial charge in [-0.15, -0.1) is 0 Å². The molecule has 5 rings (SSSR count). The van der Waals surface area contributed by atoms with Crippen LogP contribution in [0, 0.1) is 0 Å². The van der Waals surface area contributed by atoms with Crippen molar-refractivity contribution in [3.05, 3.63) is 84.2 Å². The number of hydrogen-bond acceptors (Lipinski definition) is 6. The number of fused-ring (bicyclic) bond motifs is 1. The summed E-state index contributed by atoms with van der Waals surface area (Å²) in [6.07, 6.45) is 4.02. The first kappa shape index (κ1) is 33.5. The van der Waals surface area contributed by atoms with Gasteiger partial charge in [0.1, 0.15) is 11.4 Å². The number of anilines is 1. The lowest BCUT2D eigenvalue weighted by Gasteiger charge is -2.34. The lowest BCUT2D eigenvalue weighted by molar-refractivity contribution is -0.133. The van der Waals surface area contributed by atoms with E-state index in [9.17, 15) is 14.4 Å². The topological polar surface area (TPSA) is 132 Å². The number of carbonyl (C=O) groups is 3. The maximum absolute atomic E-state index is 13.9. The Balaban J connectivity index is 1.31. The SMILES string of the molecule is CNC(=O)CCn1c(C2CCCN(C(=O)C[C@@H](Cc3ccc(-c4ccc(N)nc4)cc3)NC(=O)OC(C)(C)C)C2)cc2ccccc21. The average Bonchev–Trinajstić information content (AvgIpc) is 3.42. The molecular formula is C37H46N6O4. The van der Waals surface area contributed by atoms with Gasteiger partial charge in [0.15, 0.2) is 0 Å². The van der Waals surface area contributed by atoms with Gasteiger partial charge in [-0.3, -0.25) is 9.59 Å². The predicted octanol–water partition coefficient (Wildman–Crippen LogP) is 5.65. The van der Waals surface area contributed by atoms with Gasteiger partial charge in [0.05, 0.1) is 0 Å². The number of likely N-dealkylation sites (tertiary alicyclic amines) is 1. The van der Waals surface area contributed by atoms with Gasteiger partial charge in [0.2, 0.25) is 11.8 Å². The summed E-state index contributed by atoms with van der Waals surface area (Å²) >= 11 is 0. The number of nitrogens with one attached hydrogen (secondary N) is 2. The van der Waals surface area contributed by atoms with Crippen LogP contribution in [0.4, 0.5) is 10.6 Å².